The molecule has 0 spiro atoms. The summed E-state index contributed by atoms with van der Waals surface area (Å²) in [7, 11) is 0. The number of ketones is 2. The van der Waals surface area contributed by atoms with Crippen molar-refractivity contribution in [1.82, 2.24) is 5.32 Å². The van der Waals surface area contributed by atoms with E-state index in [-0.39, 0.29) is 57.5 Å². The number of amides is 1. The second-order valence-corrected chi connectivity index (χ2v) is 14.4. The molecule has 0 bridgehead atoms. The van der Waals surface area contributed by atoms with Crippen LogP contribution in [0.5, 0.6) is 0 Å². The van der Waals surface area contributed by atoms with Gasteiger partial charge >= 0.3 is 17.9 Å². The predicted octanol–water partition coefficient (Wildman–Crippen LogP) is 2.83. The Bertz CT molecular complexity index is 1510. The van der Waals surface area contributed by atoms with Crippen LogP contribution in [0.25, 0.3) is 0 Å². The number of nitrogens with one attached hydrogen (secondary N) is 1. The molecule has 0 aromatic carbocycles. The molecular formula is C35H47FN2O13. The summed E-state index contributed by atoms with van der Waals surface area (Å²) < 4.78 is 34.1. The molecule has 0 aromatic rings. The molecule has 3 fully saturated rings. The summed E-state index contributed by atoms with van der Waals surface area (Å²) in [6.45, 7) is 6.49. The van der Waals surface area contributed by atoms with E-state index in [2.05, 4.69) is 10.2 Å². The third-order valence-electron chi connectivity index (χ3n) is 11.5. The molecule has 4 aliphatic carbocycles. The molecule has 2 N–H and O–H groups in total. The largest absolute Gasteiger partial charge is 0.464 e. The maximum absolute atomic E-state index is 17.7. The number of carbonyl (C=O) groups excluding carboxylic acids is 6. The van der Waals surface area contributed by atoms with Gasteiger partial charge in [0.25, 0.3) is 5.09 Å². The van der Waals surface area contributed by atoms with Gasteiger partial charge in [0, 0.05) is 36.0 Å². The molecule has 0 saturated heterocycles. The van der Waals surface area contributed by atoms with E-state index in [0.29, 0.717) is 12.0 Å². The van der Waals surface area contributed by atoms with Crippen LogP contribution in [0.1, 0.15) is 86.0 Å². The standard InChI is InChI=1S/C35H47FN2O13/c1-6-29(43)51-35(28(42)19-49-30(44)17-26(37-21(3)39)31(45)48-13-7-8-14-50-38(46)47)20(2)15-25-24-10-9-22-16-23(40)11-12-32(22,4)34(24,36)27(41)18-33(25,35)5/h11-12,16,20,24-27,41H,6-10,13-15,17-19H2,1-5H3,(H,37,39)/t20-,24?,25?,26?,27-,32-,33-,34-,35-/m0/s1. The summed E-state index contributed by atoms with van der Waals surface area (Å²) in [4.78, 5) is 91.4. The first-order valence-corrected chi connectivity index (χ1v) is 17.3. The van der Waals surface area contributed by atoms with E-state index >= 15 is 4.39 Å². The second kappa shape index (κ2) is 15.2. The van der Waals surface area contributed by atoms with Crippen molar-refractivity contribution in [2.45, 2.75) is 109 Å². The van der Waals surface area contributed by atoms with Gasteiger partial charge in [-0.25, -0.2) is 9.18 Å². The molecule has 15 nitrogen and oxygen atoms in total. The Hall–Kier alpha value is -4.21. The first-order chi connectivity index (χ1) is 23.9. The Balaban J connectivity index is 1.53. The number of esters is 3. The number of Topliss-reactive ketones (excluding diaryl/α,β-unsaturated/α-hetero) is 1. The summed E-state index contributed by atoms with van der Waals surface area (Å²) in [5, 5.41) is 23.3. The summed E-state index contributed by atoms with van der Waals surface area (Å²) in [6, 6.07) is -1.47. The lowest BCUT2D eigenvalue weighted by Crippen LogP contribution is -2.70. The van der Waals surface area contributed by atoms with E-state index in [4.69, 9.17) is 14.2 Å². The maximum Gasteiger partial charge on any atom is 0.329 e. The van der Waals surface area contributed by atoms with Gasteiger partial charge in [0.2, 0.25) is 11.7 Å². The minimum absolute atomic E-state index is 0.0877. The lowest BCUT2D eigenvalue weighted by Gasteiger charge is -2.62. The van der Waals surface area contributed by atoms with Crippen molar-refractivity contribution in [2.75, 3.05) is 19.8 Å². The monoisotopic (exact) mass is 722 g/mol. The van der Waals surface area contributed by atoms with Crippen LogP contribution in [0.4, 0.5) is 4.39 Å². The van der Waals surface area contributed by atoms with Gasteiger partial charge in [-0.15, -0.1) is 10.1 Å². The number of aliphatic hydroxyl groups excluding tert-OH is 1. The van der Waals surface area contributed by atoms with Crippen LogP contribution in [-0.2, 0) is 47.8 Å². The Morgan fingerprint density at radius 1 is 1.12 bits per heavy atom. The molecule has 0 aliphatic heterocycles. The Labute approximate surface area is 294 Å². The Morgan fingerprint density at radius 3 is 2.45 bits per heavy atom. The molecular weight excluding hydrogens is 675 g/mol. The van der Waals surface area contributed by atoms with Crippen LogP contribution in [0, 0.1) is 38.7 Å². The van der Waals surface area contributed by atoms with Gasteiger partial charge < -0.3 is 29.5 Å². The summed E-state index contributed by atoms with van der Waals surface area (Å²) >= 11 is 0. The zero-order valence-corrected chi connectivity index (χ0v) is 29.6. The molecule has 9 atom stereocenters. The average molecular weight is 723 g/mol. The van der Waals surface area contributed by atoms with Crippen LogP contribution in [0.15, 0.2) is 23.8 Å². The van der Waals surface area contributed by atoms with Crippen molar-refractivity contribution in [3.63, 3.8) is 0 Å². The van der Waals surface area contributed by atoms with Gasteiger partial charge in [0.05, 0.1) is 25.7 Å². The Kier molecular flexibility index (Phi) is 11.8. The van der Waals surface area contributed by atoms with E-state index in [9.17, 15) is 44.0 Å². The van der Waals surface area contributed by atoms with Crippen LogP contribution >= 0.6 is 0 Å². The lowest BCUT2D eigenvalue weighted by molar-refractivity contribution is -0.757. The van der Waals surface area contributed by atoms with Crippen molar-refractivity contribution < 1.29 is 62.4 Å². The number of unbranched alkanes of at least 4 members (excludes halogenated alkanes) is 1. The summed E-state index contributed by atoms with van der Waals surface area (Å²) in [5.41, 5.74) is -6.04. The number of fused-ring (bicyclic) bond motifs is 5. The predicted molar refractivity (Wildman–Crippen MR) is 173 cm³/mol. The normalized spacial score (nSPS) is 34.1. The van der Waals surface area contributed by atoms with Crippen LogP contribution in [0.2, 0.25) is 0 Å². The van der Waals surface area contributed by atoms with Crippen molar-refractivity contribution in [2.24, 2.45) is 28.6 Å². The van der Waals surface area contributed by atoms with Gasteiger partial charge in [0.15, 0.2) is 23.7 Å². The number of hydrogen-bond acceptors (Lipinski definition) is 13. The third-order valence-corrected chi connectivity index (χ3v) is 11.5. The SMILES string of the molecule is CCC(=O)O[C@]1(C(=O)COC(=O)CC(NC(C)=O)C(=O)OCCCCO[N+](=O)[O-])[C@@H](C)CC2C3CCC4=CC(=O)C=C[C@]4(C)[C@@]3(F)[C@@H](O)C[C@@]21C. The van der Waals surface area contributed by atoms with Gasteiger partial charge in [-0.2, -0.15) is 0 Å². The Morgan fingerprint density at radius 2 is 1.80 bits per heavy atom. The van der Waals surface area contributed by atoms with Crippen LogP contribution in [-0.4, -0.2) is 88.8 Å². The molecule has 51 heavy (non-hydrogen) atoms. The topological polar surface area (TPSA) is 215 Å². The number of alkyl halides is 1. The zero-order chi connectivity index (χ0) is 37.9. The quantitative estimate of drug-likeness (QED) is 0.0819. The van der Waals surface area contributed by atoms with Gasteiger partial charge in [0.1, 0.15) is 6.04 Å². The van der Waals surface area contributed by atoms with Crippen molar-refractivity contribution in [1.29, 1.82) is 0 Å². The highest BCUT2D eigenvalue weighted by Gasteiger charge is 2.77. The smallest absolute Gasteiger partial charge is 0.329 e. The number of ether oxygens (including phenoxy) is 3. The molecule has 282 valence electrons. The average Bonchev–Trinajstić information content (AvgIpc) is 3.27. The molecule has 16 heteroatoms. The minimum Gasteiger partial charge on any atom is -0.464 e. The van der Waals surface area contributed by atoms with Crippen molar-refractivity contribution in [3.8, 4) is 0 Å². The van der Waals surface area contributed by atoms with Gasteiger partial charge in [-0.05, 0) is 63.5 Å². The number of hydrogen-bond donors (Lipinski definition) is 2. The van der Waals surface area contributed by atoms with E-state index in [1.807, 2.05) is 0 Å². The van der Waals surface area contributed by atoms with E-state index in [1.165, 1.54) is 18.2 Å². The molecule has 4 rings (SSSR count). The number of rotatable bonds is 15. The van der Waals surface area contributed by atoms with E-state index < -0.39 is 99.7 Å². The molecule has 4 aliphatic rings. The van der Waals surface area contributed by atoms with E-state index in [1.54, 1.807) is 27.7 Å². The van der Waals surface area contributed by atoms with Crippen molar-refractivity contribution in [3.05, 3.63) is 33.9 Å². The highest BCUT2D eigenvalue weighted by molar-refractivity contribution is 6.01. The fraction of sp³-hybridized carbons (Fsp3) is 0.714. The number of aliphatic hydroxyl groups is 1. The molecule has 3 unspecified atom stereocenters. The maximum atomic E-state index is 17.7. The first-order valence-electron chi connectivity index (χ1n) is 17.3. The number of allylic oxidation sites excluding steroid dienone is 4. The highest BCUT2D eigenvalue weighted by Crippen LogP contribution is 2.71. The van der Waals surface area contributed by atoms with Crippen LogP contribution < -0.4 is 5.32 Å². The zero-order valence-electron chi connectivity index (χ0n) is 29.6. The molecule has 1 amide bonds. The summed E-state index contributed by atoms with van der Waals surface area (Å²) in [5.74, 6) is -6.38. The molecule has 3 saturated carbocycles. The minimum atomic E-state index is -2.19. The van der Waals surface area contributed by atoms with Crippen molar-refractivity contribution >= 4 is 35.4 Å². The first kappa shape index (κ1) is 39.6. The fourth-order valence-electron chi connectivity index (χ4n) is 9.18. The number of nitrogens with zero attached hydrogens (tertiary/aromatic N) is 1. The number of halogens is 1. The van der Waals surface area contributed by atoms with Gasteiger partial charge in [-0.3, -0.25) is 24.0 Å². The molecule has 0 radical (unpaired) electrons. The van der Waals surface area contributed by atoms with Crippen LogP contribution in [0.3, 0.4) is 0 Å². The summed E-state index contributed by atoms with van der Waals surface area (Å²) in [6.07, 6.45) is 2.95. The number of carbonyl (C=O) groups is 6. The third kappa shape index (κ3) is 7.15. The fourth-order valence-corrected chi connectivity index (χ4v) is 9.18. The highest BCUT2D eigenvalue weighted by atomic mass is 19.1. The lowest BCUT2D eigenvalue weighted by atomic mass is 9.44. The molecule has 0 aromatic heterocycles. The van der Waals surface area contributed by atoms with E-state index in [0.717, 1.165) is 6.92 Å². The molecule has 0 heterocycles. The van der Waals surface area contributed by atoms with Gasteiger partial charge in [-0.1, -0.05) is 32.4 Å². The second-order valence-electron chi connectivity index (χ2n) is 14.4.